The van der Waals surface area contributed by atoms with Gasteiger partial charge in [-0.15, -0.1) is 10.2 Å². The molecule has 0 saturated carbocycles. The number of aromatic nitrogens is 3. The van der Waals surface area contributed by atoms with Crippen LogP contribution >= 0.6 is 11.8 Å². The first-order chi connectivity index (χ1) is 13.7. The van der Waals surface area contributed by atoms with Crippen LogP contribution in [0.3, 0.4) is 0 Å². The lowest BCUT2D eigenvalue weighted by Crippen LogP contribution is -2.27. The molecule has 1 heterocycles. The number of thioether (sulfide) groups is 1. The maximum absolute atomic E-state index is 12.2. The van der Waals surface area contributed by atoms with Crippen molar-refractivity contribution in [3.05, 3.63) is 60.2 Å². The highest BCUT2D eigenvalue weighted by Gasteiger charge is 2.14. The van der Waals surface area contributed by atoms with Gasteiger partial charge in [-0.05, 0) is 43.2 Å². The van der Waals surface area contributed by atoms with Crippen LogP contribution in [0.25, 0.3) is 11.4 Å². The fourth-order valence-electron chi connectivity index (χ4n) is 2.81. The van der Waals surface area contributed by atoms with Crippen LogP contribution in [0, 0.1) is 0 Å². The van der Waals surface area contributed by atoms with E-state index in [4.69, 9.17) is 4.74 Å². The molecule has 0 radical (unpaired) electrons. The second-order valence-corrected chi connectivity index (χ2v) is 7.10. The predicted molar refractivity (Wildman–Crippen MR) is 112 cm³/mol. The third kappa shape index (κ3) is 5.13. The summed E-state index contributed by atoms with van der Waals surface area (Å²) in [6, 6.07) is 17.8. The van der Waals surface area contributed by atoms with Crippen LogP contribution < -0.4 is 10.1 Å². The number of hydrogen-bond acceptors (Lipinski definition) is 5. The van der Waals surface area contributed by atoms with Crippen molar-refractivity contribution in [2.24, 2.45) is 0 Å². The van der Waals surface area contributed by atoms with Gasteiger partial charge in [-0.3, -0.25) is 4.79 Å². The van der Waals surface area contributed by atoms with Crippen molar-refractivity contribution in [2.45, 2.75) is 25.0 Å². The smallest absolute Gasteiger partial charge is 0.230 e. The molecule has 0 aliphatic carbocycles. The lowest BCUT2D eigenvalue weighted by molar-refractivity contribution is -0.118. The van der Waals surface area contributed by atoms with Crippen LogP contribution in [0.2, 0.25) is 0 Å². The van der Waals surface area contributed by atoms with Crippen molar-refractivity contribution >= 4 is 17.7 Å². The summed E-state index contributed by atoms with van der Waals surface area (Å²) in [6.45, 7) is 3.40. The lowest BCUT2D eigenvalue weighted by Gasteiger charge is -2.08. The van der Waals surface area contributed by atoms with Crippen LogP contribution in [-0.2, 0) is 17.8 Å². The largest absolute Gasteiger partial charge is 0.497 e. The van der Waals surface area contributed by atoms with Crippen molar-refractivity contribution in [1.82, 2.24) is 20.1 Å². The molecule has 28 heavy (non-hydrogen) atoms. The number of ether oxygens (including phenoxy) is 1. The van der Waals surface area contributed by atoms with E-state index >= 15 is 0 Å². The Balaban J connectivity index is 1.55. The Morgan fingerprint density at radius 2 is 1.86 bits per heavy atom. The number of hydrogen-bond donors (Lipinski definition) is 1. The molecule has 1 amide bonds. The van der Waals surface area contributed by atoms with Crippen molar-refractivity contribution in [2.75, 3.05) is 19.4 Å². The normalized spacial score (nSPS) is 10.6. The Kier molecular flexibility index (Phi) is 7.08. The van der Waals surface area contributed by atoms with Gasteiger partial charge in [0.05, 0.1) is 12.9 Å². The van der Waals surface area contributed by atoms with Crippen LogP contribution in [0.5, 0.6) is 5.75 Å². The molecular weight excluding hydrogens is 372 g/mol. The number of amides is 1. The molecule has 0 fully saturated rings. The minimum atomic E-state index is -0.00224. The molecule has 7 heteroatoms. The van der Waals surface area contributed by atoms with Crippen LogP contribution in [0.15, 0.2) is 59.8 Å². The Hall–Kier alpha value is -2.80. The second-order valence-electron chi connectivity index (χ2n) is 6.15. The first kappa shape index (κ1) is 19.9. The predicted octanol–water partition coefficient (Wildman–Crippen LogP) is 3.42. The fourth-order valence-corrected chi connectivity index (χ4v) is 3.64. The molecule has 0 aliphatic rings. The average Bonchev–Trinajstić information content (AvgIpc) is 3.16. The zero-order chi connectivity index (χ0) is 19.8. The monoisotopic (exact) mass is 396 g/mol. The van der Waals surface area contributed by atoms with Gasteiger partial charge in [0.25, 0.3) is 0 Å². The number of benzene rings is 2. The van der Waals surface area contributed by atoms with Crippen molar-refractivity contribution in [1.29, 1.82) is 0 Å². The van der Waals surface area contributed by atoms with E-state index in [9.17, 15) is 4.79 Å². The molecule has 2 aromatic carbocycles. The average molecular weight is 397 g/mol. The summed E-state index contributed by atoms with van der Waals surface area (Å²) < 4.78 is 7.22. The molecule has 1 aromatic heterocycles. The SMILES string of the molecule is CCn1c(SCC(=O)NCCc2ccccc2)nnc1-c1ccc(OC)cc1. The molecule has 1 N–H and O–H groups in total. The molecular formula is C21H24N4O2S. The summed E-state index contributed by atoms with van der Waals surface area (Å²) in [5, 5.41) is 12.3. The zero-order valence-electron chi connectivity index (χ0n) is 16.1. The van der Waals surface area contributed by atoms with E-state index in [-0.39, 0.29) is 5.91 Å². The Morgan fingerprint density at radius 1 is 1.11 bits per heavy atom. The summed E-state index contributed by atoms with van der Waals surface area (Å²) in [7, 11) is 1.64. The highest BCUT2D eigenvalue weighted by Crippen LogP contribution is 2.25. The summed E-state index contributed by atoms with van der Waals surface area (Å²) in [6.07, 6.45) is 0.823. The van der Waals surface area contributed by atoms with Crippen LogP contribution in [0.1, 0.15) is 12.5 Å². The molecule has 146 valence electrons. The first-order valence-corrected chi connectivity index (χ1v) is 10.2. The molecule has 0 atom stereocenters. The highest BCUT2D eigenvalue weighted by atomic mass is 32.2. The van der Waals surface area contributed by atoms with E-state index < -0.39 is 0 Å². The molecule has 0 saturated heterocycles. The van der Waals surface area contributed by atoms with Crippen molar-refractivity contribution in [3.63, 3.8) is 0 Å². The van der Waals surface area contributed by atoms with Crippen molar-refractivity contribution < 1.29 is 9.53 Å². The minimum Gasteiger partial charge on any atom is -0.497 e. The molecule has 0 spiro atoms. The standard InChI is InChI=1S/C21H24N4O2S/c1-3-25-20(17-9-11-18(27-2)12-10-17)23-24-21(25)28-15-19(26)22-14-13-16-7-5-4-6-8-16/h4-12H,3,13-15H2,1-2H3,(H,22,26). The highest BCUT2D eigenvalue weighted by molar-refractivity contribution is 7.99. The van der Waals surface area contributed by atoms with Crippen LogP contribution in [0.4, 0.5) is 0 Å². The van der Waals surface area contributed by atoms with Gasteiger partial charge in [-0.1, -0.05) is 42.1 Å². The minimum absolute atomic E-state index is 0.00224. The number of methoxy groups -OCH3 is 1. The topological polar surface area (TPSA) is 69.0 Å². The van der Waals surface area contributed by atoms with E-state index in [1.54, 1.807) is 7.11 Å². The van der Waals surface area contributed by atoms with Gasteiger partial charge in [-0.25, -0.2) is 0 Å². The zero-order valence-corrected chi connectivity index (χ0v) is 16.9. The van der Waals surface area contributed by atoms with Crippen molar-refractivity contribution in [3.8, 4) is 17.1 Å². The number of nitrogens with zero attached hydrogens (tertiary/aromatic N) is 3. The van der Waals surface area contributed by atoms with Gasteiger partial charge in [0.2, 0.25) is 5.91 Å². The fraction of sp³-hybridized carbons (Fsp3) is 0.286. The van der Waals surface area contributed by atoms with Gasteiger partial charge in [-0.2, -0.15) is 0 Å². The quantitative estimate of drug-likeness (QED) is 0.561. The van der Waals surface area contributed by atoms with Gasteiger partial charge in [0.1, 0.15) is 5.75 Å². The molecule has 3 aromatic rings. The van der Waals surface area contributed by atoms with Gasteiger partial charge in [0.15, 0.2) is 11.0 Å². The van der Waals surface area contributed by atoms with E-state index in [0.29, 0.717) is 12.3 Å². The summed E-state index contributed by atoms with van der Waals surface area (Å²) in [4.78, 5) is 12.2. The number of nitrogens with one attached hydrogen (secondary N) is 1. The number of carbonyl (C=O) groups excluding carboxylic acids is 1. The third-order valence-corrected chi connectivity index (χ3v) is 5.26. The summed E-state index contributed by atoms with van der Waals surface area (Å²) in [5.74, 6) is 1.90. The van der Waals surface area contributed by atoms with Gasteiger partial charge in [0, 0.05) is 18.7 Å². The number of carbonyl (C=O) groups is 1. The maximum Gasteiger partial charge on any atom is 0.230 e. The van der Waals surface area contributed by atoms with E-state index in [0.717, 1.165) is 35.3 Å². The summed E-state index contributed by atoms with van der Waals surface area (Å²) >= 11 is 1.40. The van der Waals surface area contributed by atoms with E-state index in [1.807, 2.05) is 54.0 Å². The molecule has 3 rings (SSSR count). The Labute approximate surface area is 169 Å². The Bertz CT molecular complexity index is 895. The number of rotatable bonds is 9. The molecule has 0 unspecified atom stereocenters. The van der Waals surface area contributed by atoms with Crippen LogP contribution in [-0.4, -0.2) is 40.1 Å². The summed E-state index contributed by atoms with van der Waals surface area (Å²) in [5.41, 5.74) is 2.18. The van der Waals surface area contributed by atoms with E-state index in [1.165, 1.54) is 17.3 Å². The second kappa shape index (κ2) is 9.94. The van der Waals surface area contributed by atoms with Gasteiger partial charge >= 0.3 is 0 Å². The Morgan fingerprint density at radius 3 is 2.54 bits per heavy atom. The molecule has 6 nitrogen and oxygen atoms in total. The van der Waals surface area contributed by atoms with E-state index in [2.05, 4.69) is 27.6 Å². The molecule has 0 aliphatic heterocycles. The third-order valence-electron chi connectivity index (χ3n) is 4.29. The molecule has 0 bridgehead atoms. The first-order valence-electron chi connectivity index (χ1n) is 9.22. The maximum atomic E-state index is 12.2. The lowest BCUT2D eigenvalue weighted by atomic mass is 10.1. The van der Waals surface area contributed by atoms with Gasteiger partial charge < -0.3 is 14.6 Å².